The highest BCUT2D eigenvalue weighted by atomic mass is 35.5. The van der Waals surface area contributed by atoms with Crippen molar-refractivity contribution in [2.24, 2.45) is 5.92 Å². The molecule has 0 aliphatic rings. The van der Waals surface area contributed by atoms with E-state index >= 15 is 0 Å². The fourth-order valence-electron chi connectivity index (χ4n) is 1.57. The van der Waals surface area contributed by atoms with E-state index in [0.717, 1.165) is 12.2 Å². The van der Waals surface area contributed by atoms with Crippen LogP contribution >= 0.6 is 11.6 Å². The zero-order valence-electron chi connectivity index (χ0n) is 10.9. The van der Waals surface area contributed by atoms with Crippen molar-refractivity contribution in [1.82, 2.24) is 5.32 Å². The predicted molar refractivity (Wildman–Crippen MR) is 74.4 cm³/mol. The molecular weight excluding hydrogens is 252 g/mol. The first-order valence-electron chi connectivity index (χ1n) is 5.83. The summed E-state index contributed by atoms with van der Waals surface area (Å²) in [5.41, 5.74) is 1.35. The molecule has 0 bridgehead atoms. The number of hydrogen-bond donors (Lipinski definition) is 2. The van der Waals surface area contributed by atoms with Crippen molar-refractivity contribution in [1.29, 1.82) is 0 Å². The van der Waals surface area contributed by atoms with Gasteiger partial charge >= 0.3 is 0 Å². The van der Waals surface area contributed by atoms with Gasteiger partial charge in [0.05, 0.1) is 17.3 Å². The lowest BCUT2D eigenvalue weighted by Gasteiger charge is -2.14. The van der Waals surface area contributed by atoms with Crippen molar-refractivity contribution >= 4 is 23.2 Å². The third kappa shape index (κ3) is 4.20. The van der Waals surface area contributed by atoms with Gasteiger partial charge in [-0.05, 0) is 24.1 Å². The molecule has 100 valence electrons. The Kier molecular flexibility index (Phi) is 5.95. The maximum Gasteiger partial charge on any atom is 0.251 e. The van der Waals surface area contributed by atoms with E-state index in [4.69, 9.17) is 16.3 Å². The molecule has 0 aliphatic carbocycles. The Morgan fingerprint density at radius 2 is 2.22 bits per heavy atom. The van der Waals surface area contributed by atoms with Crippen LogP contribution in [0, 0.1) is 5.92 Å². The van der Waals surface area contributed by atoms with Gasteiger partial charge in [0.15, 0.2) is 0 Å². The number of carbonyl (C=O) groups excluding carboxylic acids is 1. The first-order chi connectivity index (χ1) is 8.58. The Hall–Kier alpha value is -1.26. The fourth-order valence-corrected chi connectivity index (χ4v) is 1.76. The molecule has 5 heteroatoms. The fraction of sp³-hybridized carbons (Fsp3) is 0.462. The van der Waals surface area contributed by atoms with E-state index in [2.05, 4.69) is 17.6 Å². The lowest BCUT2D eigenvalue weighted by molar-refractivity contribution is 0.0963. The van der Waals surface area contributed by atoms with Crippen molar-refractivity contribution in [2.45, 2.75) is 6.92 Å². The summed E-state index contributed by atoms with van der Waals surface area (Å²) in [5.74, 6) is 0.245. The molecule has 18 heavy (non-hydrogen) atoms. The van der Waals surface area contributed by atoms with Crippen LogP contribution in [0.25, 0.3) is 0 Å². The van der Waals surface area contributed by atoms with Gasteiger partial charge in [0.2, 0.25) is 0 Å². The van der Waals surface area contributed by atoms with Crippen LogP contribution in [0.4, 0.5) is 5.69 Å². The molecule has 0 saturated heterocycles. The van der Waals surface area contributed by atoms with Crippen LogP contribution in [-0.2, 0) is 4.74 Å². The van der Waals surface area contributed by atoms with Crippen LogP contribution in [0.3, 0.4) is 0 Å². The molecule has 0 radical (unpaired) electrons. The third-order valence-electron chi connectivity index (χ3n) is 2.55. The van der Waals surface area contributed by atoms with Crippen LogP contribution in [0.2, 0.25) is 5.02 Å². The maximum atomic E-state index is 11.5. The van der Waals surface area contributed by atoms with Crippen LogP contribution in [0.15, 0.2) is 18.2 Å². The quantitative estimate of drug-likeness (QED) is 0.835. The number of rotatable bonds is 6. The van der Waals surface area contributed by atoms with Gasteiger partial charge in [-0.1, -0.05) is 18.5 Å². The van der Waals surface area contributed by atoms with Gasteiger partial charge in [0.25, 0.3) is 5.91 Å². The number of halogens is 1. The Morgan fingerprint density at radius 3 is 2.83 bits per heavy atom. The average molecular weight is 271 g/mol. The molecule has 1 unspecified atom stereocenters. The summed E-state index contributed by atoms with van der Waals surface area (Å²) >= 11 is 6.08. The first-order valence-corrected chi connectivity index (χ1v) is 6.20. The van der Waals surface area contributed by atoms with Crippen molar-refractivity contribution in [3.05, 3.63) is 28.8 Å². The molecule has 1 atom stereocenters. The molecule has 1 rings (SSSR count). The third-order valence-corrected chi connectivity index (χ3v) is 2.88. The Morgan fingerprint density at radius 1 is 1.50 bits per heavy atom. The summed E-state index contributed by atoms with van der Waals surface area (Å²) in [6.45, 7) is 3.50. The summed E-state index contributed by atoms with van der Waals surface area (Å²) in [4.78, 5) is 11.5. The highest BCUT2D eigenvalue weighted by Gasteiger charge is 2.08. The molecule has 0 fully saturated rings. The second kappa shape index (κ2) is 7.24. The number of anilines is 1. The van der Waals surface area contributed by atoms with Crippen LogP contribution in [0.5, 0.6) is 0 Å². The van der Waals surface area contributed by atoms with Gasteiger partial charge in [-0.2, -0.15) is 0 Å². The van der Waals surface area contributed by atoms with Gasteiger partial charge in [-0.25, -0.2) is 0 Å². The van der Waals surface area contributed by atoms with Gasteiger partial charge in [-0.15, -0.1) is 0 Å². The molecule has 0 aliphatic heterocycles. The Balaban J connectivity index is 2.72. The molecule has 0 heterocycles. The molecule has 0 saturated carbocycles. The second-order valence-electron chi connectivity index (χ2n) is 4.22. The maximum absolute atomic E-state index is 11.5. The largest absolute Gasteiger partial charge is 0.384 e. The molecule has 1 amide bonds. The highest BCUT2D eigenvalue weighted by Crippen LogP contribution is 2.23. The number of amides is 1. The van der Waals surface area contributed by atoms with Gasteiger partial charge in [0.1, 0.15) is 0 Å². The monoisotopic (exact) mass is 270 g/mol. The summed E-state index contributed by atoms with van der Waals surface area (Å²) in [6, 6.07) is 5.17. The Bertz CT molecular complexity index is 410. The van der Waals surface area contributed by atoms with Gasteiger partial charge < -0.3 is 15.4 Å². The minimum atomic E-state index is -0.125. The highest BCUT2D eigenvalue weighted by molar-refractivity contribution is 6.33. The van der Waals surface area contributed by atoms with E-state index in [1.807, 2.05) is 0 Å². The van der Waals surface area contributed by atoms with Gasteiger partial charge in [-0.3, -0.25) is 4.79 Å². The topological polar surface area (TPSA) is 50.4 Å². The number of benzene rings is 1. The second-order valence-corrected chi connectivity index (χ2v) is 4.62. The number of carbonyl (C=O) groups is 1. The molecule has 1 aromatic rings. The lowest BCUT2D eigenvalue weighted by Crippen LogP contribution is -2.19. The SMILES string of the molecule is CNC(=O)c1ccc(Cl)c(NCC(C)COC)c1. The molecule has 0 aromatic heterocycles. The number of nitrogens with one attached hydrogen (secondary N) is 2. The van der Waals surface area contributed by atoms with Gasteiger partial charge in [0, 0.05) is 26.3 Å². The zero-order valence-corrected chi connectivity index (χ0v) is 11.7. The Labute approximate surface area is 113 Å². The summed E-state index contributed by atoms with van der Waals surface area (Å²) in [7, 11) is 3.28. The van der Waals surface area contributed by atoms with Crippen LogP contribution in [0.1, 0.15) is 17.3 Å². The van der Waals surface area contributed by atoms with E-state index < -0.39 is 0 Å². The molecule has 1 aromatic carbocycles. The van der Waals surface area contributed by atoms with E-state index in [0.29, 0.717) is 23.1 Å². The number of ether oxygens (including phenoxy) is 1. The van der Waals surface area contributed by atoms with E-state index in [1.165, 1.54) is 0 Å². The van der Waals surface area contributed by atoms with Crippen LogP contribution in [-0.4, -0.2) is 33.2 Å². The molecular formula is C13H19ClN2O2. The lowest BCUT2D eigenvalue weighted by atomic mass is 10.1. The molecule has 4 nitrogen and oxygen atoms in total. The van der Waals surface area contributed by atoms with E-state index in [-0.39, 0.29) is 5.91 Å². The van der Waals surface area contributed by atoms with Crippen molar-refractivity contribution in [3.63, 3.8) is 0 Å². The van der Waals surface area contributed by atoms with Crippen LogP contribution < -0.4 is 10.6 Å². The normalized spacial score (nSPS) is 12.0. The van der Waals surface area contributed by atoms with E-state index in [9.17, 15) is 4.79 Å². The first kappa shape index (κ1) is 14.8. The minimum absolute atomic E-state index is 0.125. The summed E-state index contributed by atoms with van der Waals surface area (Å²) in [5, 5.41) is 6.41. The zero-order chi connectivity index (χ0) is 13.5. The van der Waals surface area contributed by atoms with Crippen molar-refractivity contribution in [3.8, 4) is 0 Å². The molecule has 0 spiro atoms. The van der Waals surface area contributed by atoms with Crippen molar-refractivity contribution in [2.75, 3.05) is 32.6 Å². The predicted octanol–water partition coefficient (Wildman–Crippen LogP) is 2.39. The average Bonchev–Trinajstić information content (AvgIpc) is 2.37. The summed E-state index contributed by atoms with van der Waals surface area (Å²) in [6.07, 6.45) is 0. The van der Waals surface area contributed by atoms with Crippen molar-refractivity contribution < 1.29 is 9.53 Å². The number of hydrogen-bond acceptors (Lipinski definition) is 3. The standard InChI is InChI=1S/C13H19ClN2O2/c1-9(8-18-3)7-16-12-6-10(13(17)15-2)4-5-11(12)14/h4-6,9,16H,7-8H2,1-3H3,(H,15,17). The summed E-state index contributed by atoms with van der Waals surface area (Å²) < 4.78 is 5.06. The number of methoxy groups -OCH3 is 1. The molecule has 2 N–H and O–H groups in total. The smallest absolute Gasteiger partial charge is 0.251 e. The van der Waals surface area contributed by atoms with E-state index in [1.54, 1.807) is 32.4 Å². The minimum Gasteiger partial charge on any atom is -0.384 e.